The van der Waals surface area contributed by atoms with Gasteiger partial charge in [-0.05, 0) is 55.8 Å². The van der Waals surface area contributed by atoms with Gasteiger partial charge in [-0.3, -0.25) is 4.79 Å². The average molecular weight is 486 g/mol. The van der Waals surface area contributed by atoms with Crippen LogP contribution in [0.15, 0.2) is 66.7 Å². The fraction of sp³-hybridized carbons (Fsp3) is 0.241. The third-order valence-corrected chi connectivity index (χ3v) is 6.89. The molecule has 0 spiro atoms. The van der Waals surface area contributed by atoms with Crippen LogP contribution in [0.5, 0.6) is 5.75 Å². The third-order valence-electron chi connectivity index (χ3n) is 6.65. The van der Waals surface area contributed by atoms with Gasteiger partial charge in [0.2, 0.25) is 0 Å². The summed E-state index contributed by atoms with van der Waals surface area (Å²) in [7, 11) is 1.69. The molecular formula is C29H28ClN3O2. The van der Waals surface area contributed by atoms with Crippen molar-refractivity contribution in [3.05, 3.63) is 88.4 Å². The number of methoxy groups -OCH3 is 1. The minimum atomic E-state index is 0.00496. The highest BCUT2D eigenvalue weighted by atomic mass is 35.5. The number of nitrogens with zero attached hydrogens (tertiary/aromatic N) is 3. The van der Waals surface area contributed by atoms with E-state index in [1.807, 2.05) is 47.4 Å². The number of carbonyl (C=O) groups excluding carboxylic acids is 1. The van der Waals surface area contributed by atoms with E-state index in [0.29, 0.717) is 23.7 Å². The number of pyridine rings is 1. The van der Waals surface area contributed by atoms with Crippen molar-refractivity contribution in [2.24, 2.45) is 0 Å². The summed E-state index contributed by atoms with van der Waals surface area (Å²) in [4.78, 5) is 22.9. The molecule has 35 heavy (non-hydrogen) atoms. The topological polar surface area (TPSA) is 45.7 Å². The summed E-state index contributed by atoms with van der Waals surface area (Å²) < 4.78 is 5.53. The molecule has 1 aliphatic rings. The van der Waals surface area contributed by atoms with Crippen LogP contribution in [0.1, 0.15) is 21.5 Å². The number of benzene rings is 3. The Hall–Kier alpha value is -3.57. The molecule has 0 N–H and O–H groups in total. The van der Waals surface area contributed by atoms with Gasteiger partial charge in [0, 0.05) is 42.2 Å². The van der Waals surface area contributed by atoms with Crippen LogP contribution >= 0.6 is 11.6 Å². The van der Waals surface area contributed by atoms with E-state index in [0.717, 1.165) is 52.3 Å². The molecule has 0 saturated carbocycles. The van der Waals surface area contributed by atoms with Crippen LogP contribution in [0.4, 0.5) is 5.69 Å². The van der Waals surface area contributed by atoms with Gasteiger partial charge in [-0.15, -0.1) is 0 Å². The molecule has 178 valence electrons. The average Bonchev–Trinajstić information content (AvgIpc) is 2.88. The first-order valence-electron chi connectivity index (χ1n) is 11.8. The first-order chi connectivity index (χ1) is 16.9. The number of aromatic nitrogens is 1. The number of hydrogen-bond donors (Lipinski definition) is 0. The maximum absolute atomic E-state index is 13.8. The van der Waals surface area contributed by atoms with Gasteiger partial charge in [-0.1, -0.05) is 47.5 Å². The van der Waals surface area contributed by atoms with Crippen molar-refractivity contribution in [1.82, 2.24) is 9.88 Å². The predicted molar refractivity (Wildman–Crippen MR) is 143 cm³/mol. The molecule has 0 atom stereocenters. The number of hydrogen-bond acceptors (Lipinski definition) is 4. The maximum Gasteiger partial charge on any atom is 0.254 e. The lowest BCUT2D eigenvalue weighted by atomic mass is 9.99. The molecule has 6 heteroatoms. The molecule has 1 amide bonds. The van der Waals surface area contributed by atoms with Crippen LogP contribution in [0.25, 0.3) is 22.2 Å². The van der Waals surface area contributed by atoms with Gasteiger partial charge in [0.05, 0.1) is 29.6 Å². The molecule has 0 bridgehead atoms. The summed E-state index contributed by atoms with van der Waals surface area (Å²) in [5, 5.41) is 1.37. The van der Waals surface area contributed by atoms with Gasteiger partial charge in [0.15, 0.2) is 0 Å². The number of para-hydroxylation sites is 2. The molecular weight excluding hydrogens is 458 g/mol. The fourth-order valence-corrected chi connectivity index (χ4v) is 5.00. The Kier molecular flexibility index (Phi) is 6.35. The highest BCUT2D eigenvalue weighted by Gasteiger charge is 2.26. The number of fused-ring (bicyclic) bond motifs is 1. The lowest BCUT2D eigenvalue weighted by molar-refractivity contribution is 0.0748. The number of rotatable bonds is 4. The van der Waals surface area contributed by atoms with Crippen molar-refractivity contribution in [2.75, 3.05) is 38.2 Å². The minimum Gasteiger partial charge on any atom is -0.495 e. The second kappa shape index (κ2) is 9.59. The molecule has 1 aromatic heterocycles. The van der Waals surface area contributed by atoms with Crippen LogP contribution in [-0.4, -0.2) is 49.1 Å². The first kappa shape index (κ1) is 23.2. The first-order valence-corrected chi connectivity index (χ1v) is 12.2. The Morgan fingerprint density at radius 2 is 1.71 bits per heavy atom. The van der Waals surface area contributed by atoms with Crippen LogP contribution in [-0.2, 0) is 0 Å². The number of anilines is 1. The Morgan fingerprint density at radius 3 is 2.46 bits per heavy atom. The molecule has 2 heterocycles. The van der Waals surface area contributed by atoms with Gasteiger partial charge in [0.1, 0.15) is 5.75 Å². The van der Waals surface area contributed by atoms with E-state index in [4.69, 9.17) is 21.3 Å². The highest BCUT2D eigenvalue weighted by molar-refractivity contribution is 6.31. The molecule has 1 saturated heterocycles. The second-order valence-electron chi connectivity index (χ2n) is 8.99. The zero-order valence-corrected chi connectivity index (χ0v) is 21.0. The molecule has 1 aliphatic heterocycles. The standard InChI is InChI=1S/C29H28ClN3O2/c1-19-8-10-22(20(2)16-19)26-18-24(23-17-21(30)9-11-25(23)31-26)29(34)33-14-12-32(13-15-33)27-6-4-5-7-28(27)35-3/h4-11,16-18H,12-15H2,1-3H3. The van der Waals surface area contributed by atoms with Crippen LogP contribution in [0, 0.1) is 13.8 Å². The second-order valence-corrected chi connectivity index (χ2v) is 9.42. The molecule has 5 rings (SSSR count). The third kappa shape index (κ3) is 4.56. The molecule has 4 aromatic rings. The number of amides is 1. The van der Waals surface area contributed by atoms with Crippen molar-refractivity contribution in [3.8, 4) is 17.0 Å². The Morgan fingerprint density at radius 1 is 0.943 bits per heavy atom. The summed E-state index contributed by atoms with van der Waals surface area (Å²) in [5.74, 6) is 0.852. The highest BCUT2D eigenvalue weighted by Crippen LogP contribution is 2.31. The fourth-order valence-electron chi connectivity index (χ4n) is 4.83. The smallest absolute Gasteiger partial charge is 0.254 e. The van der Waals surface area contributed by atoms with E-state index in [9.17, 15) is 4.79 Å². The molecule has 3 aromatic carbocycles. The van der Waals surface area contributed by atoms with Crippen LogP contribution < -0.4 is 9.64 Å². The molecule has 0 radical (unpaired) electrons. The Balaban J connectivity index is 1.48. The lowest BCUT2D eigenvalue weighted by Gasteiger charge is -2.36. The predicted octanol–water partition coefficient (Wildman–Crippen LogP) is 6.14. The normalized spacial score (nSPS) is 13.8. The van der Waals surface area contributed by atoms with Crippen molar-refractivity contribution in [2.45, 2.75) is 13.8 Å². The lowest BCUT2D eigenvalue weighted by Crippen LogP contribution is -2.49. The zero-order chi connectivity index (χ0) is 24.5. The summed E-state index contributed by atoms with van der Waals surface area (Å²) >= 11 is 6.32. The Bertz CT molecular complexity index is 1410. The van der Waals surface area contributed by atoms with E-state index in [1.54, 1.807) is 7.11 Å². The summed E-state index contributed by atoms with van der Waals surface area (Å²) in [6, 6.07) is 21.8. The van der Waals surface area contributed by atoms with Crippen molar-refractivity contribution >= 4 is 34.1 Å². The van der Waals surface area contributed by atoms with Crippen molar-refractivity contribution < 1.29 is 9.53 Å². The number of halogens is 1. The van der Waals surface area contributed by atoms with Gasteiger partial charge in [0.25, 0.3) is 5.91 Å². The molecule has 0 aliphatic carbocycles. The molecule has 1 fully saturated rings. The molecule has 5 nitrogen and oxygen atoms in total. The number of carbonyl (C=O) groups is 1. The maximum atomic E-state index is 13.8. The largest absolute Gasteiger partial charge is 0.495 e. The van der Waals surface area contributed by atoms with E-state index >= 15 is 0 Å². The van der Waals surface area contributed by atoms with Crippen molar-refractivity contribution in [3.63, 3.8) is 0 Å². The summed E-state index contributed by atoms with van der Waals surface area (Å²) in [6.07, 6.45) is 0. The summed E-state index contributed by atoms with van der Waals surface area (Å²) in [5.41, 5.74) is 6.62. The van der Waals surface area contributed by atoms with Crippen molar-refractivity contribution in [1.29, 1.82) is 0 Å². The zero-order valence-electron chi connectivity index (χ0n) is 20.2. The quantitative estimate of drug-likeness (QED) is 0.348. The monoisotopic (exact) mass is 485 g/mol. The number of aryl methyl sites for hydroxylation is 2. The van der Waals surface area contributed by atoms with Gasteiger partial charge >= 0.3 is 0 Å². The van der Waals surface area contributed by atoms with Crippen LogP contribution in [0.2, 0.25) is 5.02 Å². The SMILES string of the molecule is COc1ccccc1N1CCN(C(=O)c2cc(-c3ccc(C)cc3C)nc3ccc(Cl)cc23)CC1. The van der Waals surface area contributed by atoms with Gasteiger partial charge < -0.3 is 14.5 Å². The van der Waals surface area contributed by atoms with Crippen LogP contribution in [0.3, 0.4) is 0 Å². The van der Waals surface area contributed by atoms with Gasteiger partial charge in [-0.25, -0.2) is 4.98 Å². The van der Waals surface area contributed by atoms with E-state index in [1.165, 1.54) is 5.56 Å². The van der Waals surface area contributed by atoms with E-state index < -0.39 is 0 Å². The summed E-state index contributed by atoms with van der Waals surface area (Å²) in [6.45, 7) is 6.88. The number of ether oxygens (including phenoxy) is 1. The van der Waals surface area contributed by atoms with E-state index in [2.05, 4.69) is 43.0 Å². The van der Waals surface area contributed by atoms with Gasteiger partial charge in [-0.2, -0.15) is 0 Å². The van der Waals surface area contributed by atoms with E-state index in [-0.39, 0.29) is 5.91 Å². The minimum absolute atomic E-state index is 0.00496. The number of piperazine rings is 1. The molecule has 0 unspecified atom stereocenters. The Labute approximate surface area is 210 Å².